The van der Waals surface area contributed by atoms with Crippen LogP contribution in [0.3, 0.4) is 0 Å². The lowest BCUT2D eigenvalue weighted by Gasteiger charge is -2.13. The van der Waals surface area contributed by atoms with Crippen molar-refractivity contribution in [2.75, 3.05) is 10.7 Å². The normalized spacial score (nSPS) is 25.9. The number of rotatable bonds is 5. The first-order valence-corrected chi connectivity index (χ1v) is 6.84. The maximum Gasteiger partial charge on any atom is 0.148 e. The maximum atomic E-state index is 5.54. The summed E-state index contributed by atoms with van der Waals surface area (Å²) in [7, 11) is 0. The fourth-order valence-corrected chi connectivity index (χ4v) is 2.39. The third kappa shape index (κ3) is 2.14. The molecule has 0 aromatic carbocycles. The van der Waals surface area contributed by atoms with Crippen LogP contribution in [0.25, 0.3) is 0 Å². The summed E-state index contributed by atoms with van der Waals surface area (Å²) in [4.78, 5) is 9.17. The second-order valence-electron chi connectivity index (χ2n) is 5.48. The lowest BCUT2D eigenvalue weighted by molar-refractivity contribution is 0.771. The zero-order valence-electron chi connectivity index (χ0n) is 11.0. The van der Waals surface area contributed by atoms with Crippen molar-refractivity contribution >= 4 is 11.6 Å². The molecular weight excluding hydrogens is 226 g/mol. The Labute approximate surface area is 108 Å². The largest absolute Gasteiger partial charge is 0.367 e. The van der Waals surface area contributed by atoms with E-state index in [-0.39, 0.29) is 0 Å². The average molecular weight is 247 g/mol. The molecule has 2 fully saturated rings. The molecule has 1 aromatic rings. The summed E-state index contributed by atoms with van der Waals surface area (Å²) in [5, 5.41) is 3.54. The van der Waals surface area contributed by atoms with Crippen LogP contribution in [0.5, 0.6) is 0 Å². The van der Waals surface area contributed by atoms with E-state index in [4.69, 9.17) is 5.84 Å². The van der Waals surface area contributed by atoms with Crippen LogP contribution in [-0.4, -0.2) is 16.0 Å². The van der Waals surface area contributed by atoms with Crippen molar-refractivity contribution in [3.8, 4) is 0 Å². The molecule has 5 heteroatoms. The highest BCUT2D eigenvalue weighted by Crippen LogP contribution is 2.41. The minimum Gasteiger partial charge on any atom is -0.367 e. The van der Waals surface area contributed by atoms with Gasteiger partial charge in [0.2, 0.25) is 0 Å². The highest BCUT2D eigenvalue weighted by molar-refractivity contribution is 5.58. The Morgan fingerprint density at radius 2 is 2.00 bits per heavy atom. The third-order valence-corrected chi connectivity index (χ3v) is 4.01. The molecule has 2 atom stereocenters. The Kier molecular flexibility index (Phi) is 2.86. The Morgan fingerprint density at radius 1 is 1.28 bits per heavy atom. The van der Waals surface area contributed by atoms with E-state index in [1.807, 2.05) is 6.92 Å². The van der Waals surface area contributed by atoms with Gasteiger partial charge in [-0.1, -0.05) is 13.3 Å². The smallest absolute Gasteiger partial charge is 0.148 e. The second-order valence-corrected chi connectivity index (χ2v) is 5.48. The predicted octanol–water partition coefficient (Wildman–Crippen LogP) is 2.16. The van der Waals surface area contributed by atoms with Gasteiger partial charge in [-0.15, -0.1) is 0 Å². The molecule has 2 aliphatic carbocycles. The molecule has 0 spiro atoms. The third-order valence-electron chi connectivity index (χ3n) is 4.01. The number of hydrogen-bond acceptors (Lipinski definition) is 5. The second kappa shape index (κ2) is 4.39. The van der Waals surface area contributed by atoms with E-state index < -0.39 is 0 Å². The van der Waals surface area contributed by atoms with Crippen molar-refractivity contribution in [1.82, 2.24) is 9.97 Å². The van der Waals surface area contributed by atoms with Crippen LogP contribution in [0.4, 0.5) is 11.6 Å². The van der Waals surface area contributed by atoms with Gasteiger partial charge in [-0.2, -0.15) is 0 Å². The Bertz CT molecular complexity index is 455. The molecule has 0 amide bonds. The number of nitrogens with one attached hydrogen (secondary N) is 2. The lowest BCUT2D eigenvalue weighted by Crippen LogP contribution is -2.16. The molecule has 4 N–H and O–H groups in total. The van der Waals surface area contributed by atoms with Gasteiger partial charge in [-0.25, -0.2) is 15.8 Å². The summed E-state index contributed by atoms with van der Waals surface area (Å²) in [6, 6.07) is 0.585. The predicted molar refractivity (Wildman–Crippen MR) is 72.4 cm³/mol. The highest BCUT2D eigenvalue weighted by atomic mass is 15.3. The summed E-state index contributed by atoms with van der Waals surface area (Å²) in [5.74, 6) is 9.53. The first kappa shape index (κ1) is 11.7. The molecule has 2 saturated carbocycles. The molecule has 0 saturated heterocycles. The topological polar surface area (TPSA) is 75.9 Å². The van der Waals surface area contributed by atoms with Crippen molar-refractivity contribution in [3.05, 3.63) is 11.4 Å². The fourth-order valence-electron chi connectivity index (χ4n) is 2.39. The summed E-state index contributed by atoms with van der Waals surface area (Å²) in [6.07, 6.45) is 4.89. The number of nitrogens with two attached hydrogens (primary N) is 1. The van der Waals surface area contributed by atoms with Crippen LogP contribution in [0, 0.1) is 12.8 Å². The van der Waals surface area contributed by atoms with E-state index in [0.717, 1.165) is 28.9 Å². The molecule has 1 heterocycles. The summed E-state index contributed by atoms with van der Waals surface area (Å²) in [6.45, 7) is 4.25. The zero-order valence-corrected chi connectivity index (χ0v) is 11.0. The number of hydrogen-bond donors (Lipinski definition) is 3. The van der Waals surface area contributed by atoms with E-state index in [1.165, 1.54) is 25.7 Å². The van der Waals surface area contributed by atoms with Crippen LogP contribution < -0.4 is 16.6 Å². The first-order chi connectivity index (χ1) is 8.72. The molecule has 18 heavy (non-hydrogen) atoms. The highest BCUT2D eigenvalue weighted by Gasteiger charge is 2.36. The van der Waals surface area contributed by atoms with Gasteiger partial charge >= 0.3 is 0 Å². The summed E-state index contributed by atoms with van der Waals surface area (Å²) >= 11 is 0. The number of anilines is 2. The molecule has 2 unspecified atom stereocenters. The van der Waals surface area contributed by atoms with E-state index in [9.17, 15) is 0 Å². The lowest BCUT2D eigenvalue weighted by atomic mass is 10.2. The fraction of sp³-hybridized carbons (Fsp3) is 0.692. The Morgan fingerprint density at radius 3 is 2.56 bits per heavy atom. The van der Waals surface area contributed by atoms with Gasteiger partial charge in [0.1, 0.15) is 17.5 Å². The van der Waals surface area contributed by atoms with Crippen molar-refractivity contribution in [2.45, 2.75) is 51.5 Å². The molecule has 0 aliphatic heterocycles. The van der Waals surface area contributed by atoms with Crippen LogP contribution >= 0.6 is 0 Å². The number of nitrogens with zero attached hydrogens (tertiary/aromatic N) is 2. The van der Waals surface area contributed by atoms with Crippen LogP contribution in [0.15, 0.2) is 0 Å². The molecule has 1 aromatic heterocycles. The molecular formula is C13H21N5. The van der Waals surface area contributed by atoms with Crippen molar-refractivity contribution < 1.29 is 0 Å². The minimum absolute atomic E-state index is 0.541. The van der Waals surface area contributed by atoms with Crippen LogP contribution in [0.1, 0.15) is 49.9 Å². The molecule has 0 radical (unpaired) electrons. The van der Waals surface area contributed by atoms with Gasteiger partial charge in [0, 0.05) is 17.5 Å². The number of nitrogen functional groups attached to an aromatic ring is 1. The maximum absolute atomic E-state index is 5.54. The quantitative estimate of drug-likeness (QED) is 0.549. The molecule has 3 rings (SSSR count). The average Bonchev–Trinajstić information content (AvgIpc) is 3.25. The van der Waals surface area contributed by atoms with E-state index >= 15 is 0 Å². The first-order valence-electron chi connectivity index (χ1n) is 6.84. The van der Waals surface area contributed by atoms with E-state index in [0.29, 0.717) is 12.0 Å². The van der Waals surface area contributed by atoms with Gasteiger partial charge in [0.15, 0.2) is 0 Å². The monoisotopic (exact) mass is 247 g/mol. The standard InChI is InChI=1S/C13H21N5/c1-3-8-6-10(8)15-11-7(2)12(18-14)17-13(16-11)9-4-5-9/h8-10H,3-6,14H2,1-2H3,(H2,15,16,17,18). The van der Waals surface area contributed by atoms with Gasteiger partial charge in [-0.05, 0) is 32.1 Å². The van der Waals surface area contributed by atoms with Crippen LogP contribution in [-0.2, 0) is 0 Å². The number of aromatic nitrogens is 2. The van der Waals surface area contributed by atoms with E-state index in [2.05, 4.69) is 27.6 Å². The molecule has 0 bridgehead atoms. The molecule has 2 aliphatic rings. The minimum atomic E-state index is 0.541. The zero-order chi connectivity index (χ0) is 12.7. The van der Waals surface area contributed by atoms with Crippen LogP contribution in [0.2, 0.25) is 0 Å². The summed E-state index contributed by atoms with van der Waals surface area (Å²) in [5.41, 5.74) is 3.70. The summed E-state index contributed by atoms with van der Waals surface area (Å²) < 4.78 is 0. The molecule has 5 nitrogen and oxygen atoms in total. The van der Waals surface area contributed by atoms with Gasteiger partial charge < -0.3 is 10.7 Å². The Balaban J connectivity index is 1.84. The van der Waals surface area contributed by atoms with Crippen molar-refractivity contribution in [3.63, 3.8) is 0 Å². The van der Waals surface area contributed by atoms with Gasteiger partial charge in [0.25, 0.3) is 0 Å². The Hall–Kier alpha value is -1.36. The number of hydrazine groups is 1. The van der Waals surface area contributed by atoms with Gasteiger partial charge in [-0.3, -0.25) is 0 Å². The van der Waals surface area contributed by atoms with E-state index in [1.54, 1.807) is 0 Å². The SMILES string of the molecule is CCC1CC1Nc1nc(C2CC2)nc(NN)c1C. The van der Waals surface area contributed by atoms with Crippen molar-refractivity contribution in [1.29, 1.82) is 0 Å². The molecule has 98 valence electrons. The van der Waals surface area contributed by atoms with Crippen molar-refractivity contribution in [2.24, 2.45) is 11.8 Å². The van der Waals surface area contributed by atoms with Gasteiger partial charge in [0.05, 0.1) is 0 Å².